The van der Waals surface area contributed by atoms with Gasteiger partial charge in [0.15, 0.2) is 0 Å². The van der Waals surface area contributed by atoms with Gasteiger partial charge in [-0.1, -0.05) is 42.5 Å². The number of carbonyl (C=O) groups is 1. The lowest BCUT2D eigenvalue weighted by Gasteiger charge is -2.03. The van der Waals surface area contributed by atoms with Crippen LogP contribution in [0.25, 0.3) is 20.7 Å². The summed E-state index contributed by atoms with van der Waals surface area (Å²) in [5.41, 5.74) is 1.86. The number of hydrogen-bond donors (Lipinski definition) is 2. The zero-order chi connectivity index (χ0) is 18.1. The largest absolute Gasteiger partial charge is 0.478 e. The quantitative estimate of drug-likeness (QED) is 0.576. The summed E-state index contributed by atoms with van der Waals surface area (Å²) in [5, 5.41) is 9.67. The third-order valence-corrected chi connectivity index (χ3v) is 5.13. The number of carboxylic acids is 1. The van der Waals surface area contributed by atoms with E-state index in [9.17, 15) is 9.59 Å². The molecule has 0 saturated carbocycles. The first-order valence-corrected chi connectivity index (χ1v) is 8.82. The van der Waals surface area contributed by atoms with Gasteiger partial charge in [0, 0.05) is 11.3 Å². The molecule has 0 atom stereocenters. The number of aromatic amines is 1. The van der Waals surface area contributed by atoms with Crippen LogP contribution in [-0.2, 0) is 6.42 Å². The van der Waals surface area contributed by atoms with Gasteiger partial charge in [-0.25, -0.2) is 9.78 Å². The number of carboxylic acid groups (broad SMARTS) is 1. The van der Waals surface area contributed by atoms with Gasteiger partial charge >= 0.3 is 5.97 Å². The van der Waals surface area contributed by atoms with Crippen LogP contribution in [0.3, 0.4) is 0 Å². The molecule has 128 valence electrons. The van der Waals surface area contributed by atoms with Crippen molar-refractivity contribution < 1.29 is 9.90 Å². The number of aromatic nitrogens is 2. The molecule has 0 aliphatic rings. The number of hydrogen-bond acceptors (Lipinski definition) is 4. The van der Waals surface area contributed by atoms with Gasteiger partial charge in [-0.15, -0.1) is 11.3 Å². The standard InChI is InChI=1S/C20H14N2O3S/c23-18-15-11-16(13-6-2-1-3-7-13)26-19(15)22-17(21-18)10-12-5-4-8-14(9-12)20(24)25/h1-9,11H,10H2,(H,24,25)(H,21,22,23). The van der Waals surface area contributed by atoms with Gasteiger partial charge in [0.25, 0.3) is 5.56 Å². The highest BCUT2D eigenvalue weighted by Gasteiger charge is 2.11. The molecule has 2 aromatic heterocycles. The normalized spacial score (nSPS) is 10.9. The molecule has 2 heterocycles. The maximum atomic E-state index is 12.4. The minimum atomic E-state index is -0.977. The van der Waals surface area contributed by atoms with E-state index in [1.165, 1.54) is 17.4 Å². The van der Waals surface area contributed by atoms with Crippen molar-refractivity contribution in [3.63, 3.8) is 0 Å². The van der Waals surface area contributed by atoms with Crippen molar-refractivity contribution in [2.45, 2.75) is 6.42 Å². The number of thiophene rings is 1. The third kappa shape index (κ3) is 3.14. The molecule has 6 heteroatoms. The second kappa shape index (κ2) is 6.57. The van der Waals surface area contributed by atoms with Gasteiger partial charge < -0.3 is 10.1 Å². The van der Waals surface area contributed by atoms with Gasteiger partial charge in [0.05, 0.1) is 10.9 Å². The molecule has 0 bridgehead atoms. The molecular formula is C20H14N2O3S. The topological polar surface area (TPSA) is 83.0 Å². The van der Waals surface area contributed by atoms with Crippen LogP contribution in [0.15, 0.2) is 65.5 Å². The SMILES string of the molecule is O=C(O)c1cccc(Cc2nc3sc(-c4ccccc4)cc3c(=O)[nH]2)c1. The number of aromatic carboxylic acids is 1. The third-order valence-electron chi connectivity index (χ3n) is 4.06. The lowest BCUT2D eigenvalue weighted by molar-refractivity contribution is 0.0696. The fourth-order valence-electron chi connectivity index (χ4n) is 2.81. The summed E-state index contributed by atoms with van der Waals surface area (Å²) in [5.74, 6) is -0.457. The van der Waals surface area contributed by atoms with E-state index in [1.807, 2.05) is 42.5 Å². The Balaban J connectivity index is 1.72. The van der Waals surface area contributed by atoms with Gasteiger partial charge in [-0.05, 0) is 29.3 Å². The lowest BCUT2D eigenvalue weighted by Crippen LogP contribution is -2.11. The van der Waals surface area contributed by atoms with E-state index >= 15 is 0 Å². The van der Waals surface area contributed by atoms with Crippen LogP contribution in [0.2, 0.25) is 0 Å². The Morgan fingerprint density at radius 3 is 2.65 bits per heavy atom. The van der Waals surface area contributed by atoms with Gasteiger partial charge in [-0.3, -0.25) is 4.79 Å². The van der Waals surface area contributed by atoms with E-state index in [4.69, 9.17) is 5.11 Å². The van der Waals surface area contributed by atoms with Crippen LogP contribution < -0.4 is 5.56 Å². The highest BCUT2D eigenvalue weighted by molar-refractivity contribution is 7.21. The molecule has 26 heavy (non-hydrogen) atoms. The van der Waals surface area contributed by atoms with E-state index in [2.05, 4.69) is 9.97 Å². The van der Waals surface area contributed by atoms with Crippen LogP contribution in [0.5, 0.6) is 0 Å². The van der Waals surface area contributed by atoms with Crippen LogP contribution in [0.4, 0.5) is 0 Å². The number of benzene rings is 2. The molecule has 0 unspecified atom stereocenters. The minimum absolute atomic E-state index is 0.183. The molecule has 0 aliphatic heterocycles. The van der Waals surface area contributed by atoms with Crippen molar-refractivity contribution in [2.24, 2.45) is 0 Å². The minimum Gasteiger partial charge on any atom is -0.478 e. The number of nitrogens with one attached hydrogen (secondary N) is 1. The molecular weight excluding hydrogens is 348 g/mol. The van der Waals surface area contributed by atoms with Gasteiger partial charge in [0.1, 0.15) is 10.7 Å². The number of nitrogens with zero attached hydrogens (tertiary/aromatic N) is 1. The summed E-state index contributed by atoms with van der Waals surface area (Å²) >= 11 is 1.47. The Morgan fingerprint density at radius 1 is 1.08 bits per heavy atom. The van der Waals surface area contributed by atoms with E-state index in [0.29, 0.717) is 22.5 Å². The zero-order valence-electron chi connectivity index (χ0n) is 13.6. The Bertz CT molecular complexity index is 1160. The fourth-order valence-corrected chi connectivity index (χ4v) is 3.87. The zero-order valence-corrected chi connectivity index (χ0v) is 14.4. The second-order valence-corrected chi connectivity index (χ2v) is 6.92. The molecule has 5 nitrogen and oxygen atoms in total. The summed E-state index contributed by atoms with van der Waals surface area (Å²) in [6.07, 6.45) is 0.366. The van der Waals surface area contributed by atoms with E-state index in [1.54, 1.807) is 12.1 Å². The summed E-state index contributed by atoms with van der Waals surface area (Å²) in [6, 6.07) is 18.4. The number of rotatable bonds is 4. The molecule has 4 aromatic rings. The Labute approximate surface area is 152 Å². The molecule has 0 aliphatic carbocycles. The monoisotopic (exact) mass is 362 g/mol. The first kappa shape index (κ1) is 16.2. The molecule has 2 N–H and O–H groups in total. The summed E-state index contributed by atoms with van der Waals surface area (Å²) in [6.45, 7) is 0. The number of H-pyrrole nitrogens is 1. The molecule has 0 fully saturated rings. The van der Waals surface area contributed by atoms with Crippen molar-refractivity contribution in [2.75, 3.05) is 0 Å². The van der Waals surface area contributed by atoms with Gasteiger partial charge in [0.2, 0.25) is 0 Å². The van der Waals surface area contributed by atoms with E-state index in [0.717, 1.165) is 16.0 Å². The first-order chi connectivity index (χ1) is 12.6. The van der Waals surface area contributed by atoms with E-state index < -0.39 is 5.97 Å². The lowest BCUT2D eigenvalue weighted by atomic mass is 10.1. The molecule has 0 amide bonds. The molecule has 0 spiro atoms. The predicted octanol–water partition coefficient (Wildman–Crippen LogP) is 3.94. The van der Waals surface area contributed by atoms with Crippen LogP contribution in [0.1, 0.15) is 21.7 Å². The number of fused-ring (bicyclic) bond motifs is 1. The summed E-state index contributed by atoms with van der Waals surface area (Å²) in [4.78, 5) is 32.6. The fraction of sp³-hybridized carbons (Fsp3) is 0.0500. The highest BCUT2D eigenvalue weighted by Crippen LogP contribution is 2.30. The highest BCUT2D eigenvalue weighted by atomic mass is 32.1. The molecule has 4 rings (SSSR count). The Kier molecular flexibility index (Phi) is 4.10. The smallest absolute Gasteiger partial charge is 0.335 e. The maximum absolute atomic E-state index is 12.4. The second-order valence-electron chi connectivity index (χ2n) is 5.89. The van der Waals surface area contributed by atoms with Crippen molar-refractivity contribution in [3.8, 4) is 10.4 Å². The van der Waals surface area contributed by atoms with Crippen LogP contribution in [0, 0.1) is 0 Å². The average Bonchev–Trinajstić information content (AvgIpc) is 3.07. The summed E-state index contributed by atoms with van der Waals surface area (Å²) < 4.78 is 0. The predicted molar refractivity (Wildman–Crippen MR) is 102 cm³/mol. The first-order valence-electron chi connectivity index (χ1n) is 8.00. The average molecular weight is 362 g/mol. The molecule has 2 aromatic carbocycles. The van der Waals surface area contributed by atoms with Crippen molar-refractivity contribution in [1.82, 2.24) is 9.97 Å². The van der Waals surface area contributed by atoms with Crippen molar-refractivity contribution in [3.05, 3.63) is 88.0 Å². The Hall–Kier alpha value is -3.25. The van der Waals surface area contributed by atoms with Crippen molar-refractivity contribution in [1.29, 1.82) is 0 Å². The maximum Gasteiger partial charge on any atom is 0.335 e. The van der Waals surface area contributed by atoms with Crippen molar-refractivity contribution >= 4 is 27.5 Å². The Morgan fingerprint density at radius 2 is 1.88 bits per heavy atom. The molecule has 0 radical (unpaired) electrons. The molecule has 0 saturated heterocycles. The van der Waals surface area contributed by atoms with Crippen LogP contribution in [-0.4, -0.2) is 21.0 Å². The summed E-state index contributed by atoms with van der Waals surface area (Å²) in [7, 11) is 0. The van der Waals surface area contributed by atoms with E-state index in [-0.39, 0.29) is 11.1 Å². The van der Waals surface area contributed by atoms with Crippen LogP contribution >= 0.6 is 11.3 Å². The van der Waals surface area contributed by atoms with Gasteiger partial charge in [-0.2, -0.15) is 0 Å².